The third-order valence-electron chi connectivity index (χ3n) is 3.61. The summed E-state index contributed by atoms with van der Waals surface area (Å²) in [5.41, 5.74) is 2.65. The number of carbonyl (C=O) groups excluding carboxylic acids is 1. The van der Waals surface area contributed by atoms with E-state index in [4.69, 9.17) is 5.84 Å². The van der Waals surface area contributed by atoms with Gasteiger partial charge >= 0.3 is 0 Å². The second-order valence-electron chi connectivity index (χ2n) is 5.39. The van der Waals surface area contributed by atoms with E-state index in [9.17, 15) is 4.79 Å². The summed E-state index contributed by atoms with van der Waals surface area (Å²) in [6.45, 7) is 7.20. The van der Waals surface area contributed by atoms with Gasteiger partial charge in [0, 0.05) is 19.1 Å². The van der Waals surface area contributed by atoms with E-state index in [1.165, 1.54) is 12.4 Å². The highest BCUT2D eigenvalue weighted by Gasteiger charge is 2.24. The van der Waals surface area contributed by atoms with Crippen LogP contribution < -0.4 is 16.6 Å². The van der Waals surface area contributed by atoms with Gasteiger partial charge in [0.15, 0.2) is 5.82 Å². The van der Waals surface area contributed by atoms with Gasteiger partial charge in [-0.25, -0.2) is 10.8 Å². The van der Waals surface area contributed by atoms with Gasteiger partial charge in [-0.05, 0) is 32.7 Å². The number of carbonyl (C=O) groups is 1. The summed E-state index contributed by atoms with van der Waals surface area (Å²) in [4.78, 5) is 22.4. The van der Waals surface area contributed by atoms with Crippen LogP contribution in [0.1, 0.15) is 30.8 Å². The fourth-order valence-electron chi connectivity index (χ4n) is 2.37. The molecule has 1 aliphatic heterocycles. The topological polar surface area (TPSA) is 96.2 Å². The molecule has 0 spiro atoms. The quantitative estimate of drug-likeness (QED) is 0.527. The summed E-state index contributed by atoms with van der Waals surface area (Å²) in [5.74, 6) is 5.92. The lowest BCUT2D eigenvalue weighted by molar-refractivity contribution is 0.0942. The van der Waals surface area contributed by atoms with Gasteiger partial charge in [-0.15, -0.1) is 0 Å². The molecule has 0 aliphatic carbocycles. The Morgan fingerprint density at radius 1 is 1.55 bits per heavy atom. The Morgan fingerprint density at radius 3 is 3.00 bits per heavy atom. The number of hydrogen-bond donors (Lipinski definition) is 3. The molecule has 1 atom stereocenters. The number of nitrogens with zero attached hydrogens (tertiary/aromatic N) is 3. The number of hydrogen-bond acceptors (Lipinski definition) is 6. The van der Waals surface area contributed by atoms with Crippen molar-refractivity contribution < 1.29 is 4.79 Å². The van der Waals surface area contributed by atoms with Crippen molar-refractivity contribution in [2.75, 3.05) is 25.1 Å². The Balaban J connectivity index is 1.83. The van der Waals surface area contributed by atoms with E-state index in [-0.39, 0.29) is 11.6 Å². The number of anilines is 1. The van der Waals surface area contributed by atoms with Crippen LogP contribution in [-0.4, -0.2) is 46.5 Å². The second kappa shape index (κ2) is 6.62. The summed E-state index contributed by atoms with van der Waals surface area (Å²) in [5, 5.41) is 2.91. The number of aromatic nitrogens is 2. The summed E-state index contributed by atoms with van der Waals surface area (Å²) < 4.78 is 0. The number of nitrogens with two attached hydrogens (primary N) is 1. The normalized spacial score (nSPS) is 19.3. The van der Waals surface area contributed by atoms with Gasteiger partial charge in [0.05, 0.1) is 12.4 Å². The van der Waals surface area contributed by atoms with Gasteiger partial charge in [0.1, 0.15) is 5.69 Å². The van der Waals surface area contributed by atoms with Crippen molar-refractivity contribution in [3.63, 3.8) is 0 Å². The predicted octanol–water partition coefficient (Wildman–Crippen LogP) is 0.222. The molecular weight excluding hydrogens is 256 g/mol. The molecular formula is C13H22N6O. The van der Waals surface area contributed by atoms with E-state index in [0.29, 0.717) is 24.3 Å². The maximum Gasteiger partial charge on any atom is 0.271 e. The molecule has 0 radical (unpaired) electrons. The Bertz CT molecular complexity index is 464. The molecule has 2 heterocycles. The number of nitrogen functional groups attached to an aromatic ring is 1. The fraction of sp³-hybridized carbons (Fsp3) is 0.615. The summed E-state index contributed by atoms with van der Waals surface area (Å²) >= 11 is 0. The molecule has 1 aliphatic rings. The molecule has 1 aromatic heterocycles. The largest absolute Gasteiger partial charge is 0.350 e. The Morgan fingerprint density at radius 2 is 2.35 bits per heavy atom. The molecule has 1 saturated heterocycles. The van der Waals surface area contributed by atoms with E-state index >= 15 is 0 Å². The highest BCUT2D eigenvalue weighted by Crippen LogP contribution is 2.17. The fourth-order valence-corrected chi connectivity index (χ4v) is 2.37. The number of rotatable bonds is 5. The lowest BCUT2D eigenvalue weighted by Crippen LogP contribution is -2.33. The van der Waals surface area contributed by atoms with E-state index < -0.39 is 0 Å². The lowest BCUT2D eigenvalue weighted by Gasteiger charge is -2.20. The molecule has 4 N–H and O–H groups in total. The van der Waals surface area contributed by atoms with Crippen LogP contribution in [0.15, 0.2) is 12.4 Å². The van der Waals surface area contributed by atoms with Crippen molar-refractivity contribution in [1.29, 1.82) is 0 Å². The monoisotopic (exact) mass is 278 g/mol. The van der Waals surface area contributed by atoms with Gasteiger partial charge < -0.3 is 15.6 Å². The average molecular weight is 278 g/mol. The van der Waals surface area contributed by atoms with Crippen LogP contribution in [0.5, 0.6) is 0 Å². The van der Waals surface area contributed by atoms with Crippen LogP contribution >= 0.6 is 0 Å². The first-order valence-corrected chi connectivity index (χ1v) is 6.91. The molecule has 7 nitrogen and oxygen atoms in total. The zero-order chi connectivity index (χ0) is 14.5. The Labute approximate surface area is 118 Å². The molecule has 7 heteroatoms. The molecule has 0 saturated carbocycles. The average Bonchev–Trinajstić information content (AvgIpc) is 2.94. The second-order valence-corrected chi connectivity index (χ2v) is 5.39. The molecule has 20 heavy (non-hydrogen) atoms. The lowest BCUT2D eigenvalue weighted by atomic mass is 10.1. The van der Waals surface area contributed by atoms with Crippen LogP contribution in [0.25, 0.3) is 0 Å². The van der Waals surface area contributed by atoms with Gasteiger partial charge in [-0.2, -0.15) is 0 Å². The van der Waals surface area contributed by atoms with Crippen molar-refractivity contribution >= 4 is 11.7 Å². The number of nitrogens with one attached hydrogen (secondary N) is 2. The molecule has 110 valence electrons. The first-order chi connectivity index (χ1) is 9.60. The molecule has 1 fully saturated rings. The number of likely N-dealkylation sites (tertiary alicyclic amines) is 1. The van der Waals surface area contributed by atoms with Crippen molar-refractivity contribution in [2.45, 2.75) is 26.3 Å². The highest BCUT2D eigenvalue weighted by molar-refractivity contribution is 5.92. The van der Waals surface area contributed by atoms with E-state index in [1.807, 2.05) is 0 Å². The minimum absolute atomic E-state index is 0.211. The van der Waals surface area contributed by atoms with Crippen molar-refractivity contribution in [2.24, 2.45) is 11.8 Å². The molecule has 0 bridgehead atoms. The SMILES string of the molecule is CC(C)N1CCC(CNC(=O)c2cncc(NN)n2)C1. The summed E-state index contributed by atoms with van der Waals surface area (Å²) in [6, 6.07) is 0.564. The van der Waals surface area contributed by atoms with E-state index in [2.05, 4.69) is 39.5 Å². The van der Waals surface area contributed by atoms with Gasteiger partial charge in [-0.1, -0.05) is 0 Å². The molecule has 1 amide bonds. The molecule has 2 rings (SSSR count). The zero-order valence-corrected chi connectivity index (χ0v) is 12.0. The van der Waals surface area contributed by atoms with Crippen molar-refractivity contribution in [1.82, 2.24) is 20.2 Å². The summed E-state index contributed by atoms with van der Waals surface area (Å²) in [6.07, 6.45) is 4.02. The number of hydrazine groups is 1. The predicted molar refractivity (Wildman–Crippen MR) is 77.0 cm³/mol. The maximum atomic E-state index is 12.0. The Hall–Kier alpha value is -1.73. The molecule has 1 unspecified atom stereocenters. The van der Waals surface area contributed by atoms with Crippen molar-refractivity contribution in [3.8, 4) is 0 Å². The minimum atomic E-state index is -0.211. The van der Waals surface area contributed by atoms with Crippen LogP contribution in [0.4, 0.5) is 5.82 Å². The standard InChI is InChI=1S/C13H22N6O/c1-9(2)19-4-3-10(8-19)5-16-13(20)11-6-15-7-12(17-11)18-14/h6-7,9-10H,3-5,8,14H2,1-2H3,(H,16,20)(H,17,18). The van der Waals surface area contributed by atoms with Crippen LogP contribution in [0.2, 0.25) is 0 Å². The third-order valence-corrected chi connectivity index (χ3v) is 3.61. The molecule has 0 aromatic carbocycles. The number of amides is 1. The van der Waals surface area contributed by atoms with E-state index in [1.54, 1.807) is 0 Å². The summed E-state index contributed by atoms with van der Waals surface area (Å²) in [7, 11) is 0. The Kier molecular flexibility index (Phi) is 4.86. The smallest absolute Gasteiger partial charge is 0.271 e. The van der Waals surface area contributed by atoms with Gasteiger partial charge in [-0.3, -0.25) is 9.78 Å². The highest BCUT2D eigenvalue weighted by atomic mass is 16.1. The van der Waals surface area contributed by atoms with Crippen LogP contribution in [0, 0.1) is 5.92 Å². The minimum Gasteiger partial charge on any atom is -0.350 e. The van der Waals surface area contributed by atoms with Crippen molar-refractivity contribution in [3.05, 3.63) is 18.1 Å². The van der Waals surface area contributed by atoms with Crippen LogP contribution in [0.3, 0.4) is 0 Å². The van der Waals surface area contributed by atoms with Gasteiger partial charge in [0.2, 0.25) is 0 Å². The van der Waals surface area contributed by atoms with Crippen LogP contribution in [-0.2, 0) is 0 Å². The maximum absolute atomic E-state index is 12.0. The molecule has 1 aromatic rings. The van der Waals surface area contributed by atoms with E-state index in [0.717, 1.165) is 19.5 Å². The third kappa shape index (κ3) is 3.64. The van der Waals surface area contributed by atoms with Gasteiger partial charge in [0.25, 0.3) is 5.91 Å². The zero-order valence-electron chi connectivity index (χ0n) is 12.0. The first-order valence-electron chi connectivity index (χ1n) is 6.91. The first kappa shape index (κ1) is 14.7.